The molecule has 0 aromatic rings. The van der Waals surface area contributed by atoms with Gasteiger partial charge < -0.3 is 15.3 Å². The fraction of sp³-hybridized carbons (Fsp3) is 0.692. The van der Waals surface area contributed by atoms with Crippen LogP contribution in [0.25, 0.3) is 0 Å². The lowest BCUT2D eigenvalue weighted by molar-refractivity contribution is -0.141. The van der Waals surface area contributed by atoms with Gasteiger partial charge in [0.2, 0.25) is 0 Å². The second-order valence-electron chi connectivity index (χ2n) is 4.86. The predicted octanol–water partition coefficient (Wildman–Crippen LogP) is 1.85. The second kappa shape index (κ2) is 7.03. The van der Waals surface area contributed by atoms with E-state index >= 15 is 0 Å². The highest BCUT2D eigenvalue weighted by atomic mass is 16.4. The van der Waals surface area contributed by atoms with Crippen LogP contribution in [0.1, 0.15) is 33.1 Å². The van der Waals surface area contributed by atoms with Gasteiger partial charge in [-0.15, -0.1) is 0 Å². The lowest BCUT2D eigenvalue weighted by Gasteiger charge is -2.25. The molecule has 0 saturated carbocycles. The number of amides is 2. The summed E-state index contributed by atoms with van der Waals surface area (Å²) in [5.74, 6) is -1.12. The van der Waals surface area contributed by atoms with E-state index in [1.807, 2.05) is 0 Å². The van der Waals surface area contributed by atoms with Crippen LogP contribution in [0.3, 0.4) is 0 Å². The molecular weight excluding hydrogens is 232 g/mol. The maximum atomic E-state index is 11.8. The Hall–Kier alpha value is -1.52. The van der Waals surface area contributed by atoms with Crippen molar-refractivity contribution in [3.8, 4) is 0 Å². The zero-order chi connectivity index (χ0) is 13.5. The highest BCUT2D eigenvalue weighted by Crippen LogP contribution is 2.09. The van der Waals surface area contributed by atoms with Gasteiger partial charge in [-0.2, -0.15) is 0 Å². The molecule has 1 rings (SSSR count). The van der Waals surface area contributed by atoms with Gasteiger partial charge in [-0.3, -0.25) is 4.79 Å². The van der Waals surface area contributed by atoms with Crippen LogP contribution in [0.2, 0.25) is 0 Å². The van der Waals surface area contributed by atoms with E-state index in [2.05, 4.69) is 18.3 Å². The molecule has 0 fully saturated rings. The molecule has 2 N–H and O–H groups in total. The molecule has 0 saturated heterocycles. The molecule has 0 aliphatic carbocycles. The molecule has 0 radical (unpaired) electrons. The van der Waals surface area contributed by atoms with Gasteiger partial charge in [-0.1, -0.05) is 18.6 Å². The molecule has 0 aromatic heterocycles. The SMILES string of the molecule is CC1=CCN(C(=O)NCCCC(C)C(=O)O)CC1. The number of carboxylic acids is 1. The summed E-state index contributed by atoms with van der Waals surface area (Å²) in [7, 11) is 0. The molecule has 1 unspecified atom stereocenters. The molecule has 0 bridgehead atoms. The van der Waals surface area contributed by atoms with E-state index < -0.39 is 5.97 Å². The highest BCUT2D eigenvalue weighted by Gasteiger charge is 2.15. The van der Waals surface area contributed by atoms with Crippen LogP contribution >= 0.6 is 0 Å². The van der Waals surface area contributed by atoms with E-state index in [1.54, 1.807) is 11.8 Å². The molecule has 1 atom stereocenters. The second-order valence-corrected chi connectivity index (χ2v) is 4.86. The highest BCUT2D eigenvalue weighted by molar-refractivity contribution is 5.74. The Bertz CT molecular complexity index is 339. The van der Waals surface area contributed by atoms with Gasteiger partial charge in [-0.25, -0.2) is 4.79 Å². The van der Waals surface area contributed by atoms with Gasteiger partial charge in [0.1, 0.15) is 0 Å². The quantitative estimate of drug-likeness (QED) is 0.581. The number of aliphatic carboxylic acids is 1. The van der Waals surface area contributed by atoms with Crippen LogP contribution in [0.4, 0.5) is 4.79 Å². The maximum absolute atomic E-state index is 11.8. The Kier molecular flexibility index (Phi) is 5.68. The monoisotopic (exact) mass is 254 g/mol. The molecule has 102 valence electrons. The van der Waals surface area contributed by atoms with E-state index in [1.165, 1.54) is 5.57 Å². The molecule has 2 amide bonds. The number of carbonyl (C=O) groups is 2. The zero-order valence-corrected chi connectivity index (χ0v) is 11.1. The first kappa shape index (κ1) is 14.5. The first-order valence-corrected chi connectivity index (χ1v) is 6.42. The van der Waals surface area contributed by atoms with Gasteiger partial charge in [0.25, 0.3) is 0 Å². The van der Waals surface area contributed by atoms with Crippen LogP contribution in [0, 0.1) is 5.92 Å². The molecule has 18 heavy (non-hydrogen) atoms. The first-order valence-electron chi connectivity index (χ1n) is 6.42. The van der Waals surface area contributed by atoms with Crippen LogP contribution in [0.15, 0.2) is 11.6 Å². The number of nitrogens with zero attached hydrogens (tertiary/aromatic N) is 1. The Morgan fingerprint density at radius 3 is 2.83 bits per heavy atom. The molecule has 5 nitrogen and oxygen atoms in total. The summed E-state index contributed by atoms with van der Waals surface area (Å²) in [6, 6.07) is -0.0540. The summed E-state index contributed by atoms with van der Waals surface area (Å²) < 4.78 is 0. The maximum Gasteiger partial charge on any atom is 0.317 e. The number of rotatable bonds is 5. The predicted molar refractivity (Wildman–Crippen MR) is 69.4 cm³/mol. The molecule has 1 aliphatic rings. The lowest BCUT2D eigenvalue weighted by Crippen LogP contribution is -2.42. The molecule has 5 heteroatoms. The third-order valence-electron chi connectivity index (χ3n) is 3.24. The summed E-state index contributed by atoms with van der Waals surface area (Å²) in [4.78, 5) is 24.1. The molecular formula is C13H22N2O3. The van der Waals surface area contributed by atoms with Crippen molar-refractivity contribution in [2.75, 3.05) is 19.6 Å². The van der Waals surface area contributed by atoms with Crippen molar-refractivity contribution < 1.29 is 14.7 Å². The summed E-state index contributed by atoms with van der Waals surface area (Å²) >= 11 is 0. The average molecular weight is 254 g/mol. The normalized spacial score (nSPS) is 17.0. The fourth-order valence-electron chi connectivity index (χ4n) is 1.79. The molecule has 0 spiro atoms. The van der Waals surface area contributed by atoms with Crippen LogP contribution in [-0.2, 0) is 4.79 Å². The van der Waals surface area contributed by atoms with Crippen molar-refractivity contribution in [3.05, 3.63) is 11.6 Å². The van der Waals surface area contributed by atoms with Gasteiger partial charge in [0.05, 0.1) is 5.92 Å². The van der Waals surface area contributed by atoms with Crippen LogP contribution < -0.4 is 5.32 Å². The standard InChI is InChI=1S/C13H22N2O3/c1-10-5-8-15(9-6-10)13(18)14-7-3-4-11(2)12(16)17/h5,11H,3-4,6-9H2,1-2H3,(H,14,18)(H,16,17). The van der Waals surface area contributed by atoms with Crippen LogP contribution in [0.5, 0.6) is 0 Å². The lowest BCUT2D eigenvalue weighted by atomic mass is 10.1. The summed E-state index contributed by atoms with van der Waals surface area (Å²) in [5, 5.41) is 11.5. The third kappa shape index (κ3) is 4.77. The summed E-state index contributed by atoms with van der Waals surface area (Å²) in [6.45, 7) is 5.73. The minimum Gasteiger partial charge on any atom is -0.481 e. The Labute approximate surface area is 108 Å². The molecule has 0 aromatic carbocycles. The van der Waals surface area contributed by atoms with Crippen molar-refractivity contribution in [1.29, 1.82) is 0 Å². The van der Waals surface area contributed by atoms with Crippen molar-refractivity contribution in [3.63, 3.8) is 0 Å². The van der Waals surface area contributed by atoms with Gasteiger partial charge >= 0.3 is 12.0 Å². The number of nitrogens with one attached hydrogen (secondary N) is 1. The van der Waals surface area contributed by atoms with E-state index in [4.69, 9.17) is 5.11 Å². The van der Waals surface area contributed by atoms with Gasteiger partial charge in [0.15, 0.2) is 0 Å². The van der Waals surface area contributed by atoms with Gasteiger partial charge in [-0.05, 0) is 26.2 Å². The fourth-order valence-corrected chi connectivity index (χ4v) is 1.79. The van der Waals surface area contributed by atoms with E-state index in [0.29, 0.717) is 25.9 Å². The smallest absolute Gasteiger partial charge is 0.317 e. The molecule has 1 heterocycles. The van der Waals surface area contributed by atoms with E-state index in [0.717, 1.165) is 13.0 Å². The van der Waals surface area contributed by atoms with Crippen molar-refractivity contribution in [2.24, 2.45) is 5.92 Å². The largest absolute Gasteiger partial charge is 0.481 e. The minimum atomic E-state index is -0.780. The summed E-state index contributed by atoms with van der Waals surface area (Å²) in [5.41, 5.74) is 1.33. The Morgan fingerprint density at radius 1 is 1.56 bits per heavy atom. The number of hydrogen-bond donors (Lipinski definition) is 2. The van der Waals surface area contributed by atoms with E-state index in [-0.39, 0.29) is 11.9 Å². The van der Waals surface area contributed by atoms with Crippen molar-refractivity contribution >= 4 is 12.0 Å². The van der Waals surface area contributed by atoms with Crippen molar-refractivity contribution in [2.45, 2.75) is 33.1 Å². The zero-order valence-electron chi connectivity index (χ0n) is 11.1. The van der Waals surface area contributed by atoms with Crippen LogP contribution in [-0.4, -0.2) is 41.6 Å². The molecule has 1 aliphatic heterocycles. The number of hydrogen-bond acceptors (Lipinski definition) is 2. The minimum absolute atomic E-state index is 0.0540. The van der Waals surface area contributed by atoms with Crippen molar-refractivity contribution in [1.82, 2.24) is 10.2 Å². The number of carboxylic acid groups (broad SMARTS) is 1. The number of carbonyl (C=O) groups excluding carboxylic acids is 1. The first-order chi connectivity index (χ1) is 8.50. The average Bonchev–Trinajstić information content (AvgIpc) is 2.34. The topological polar surface area (TPSA) is 69.6 Å². The third-order valence-corrected chi connectivity index (χ3v) is 3.24. The Morgan fingerprint density at radius 2 is 2.28 bits per heavy atom. The van der Waals surface area contributed by atoms with E-state index in [9.17, 15) is 9.59 Å². The number of urea groups is 1. The summed E-state index contributed by atoms with van der Waals surface area (Å²) in [6.07, 6.45) is 4.29. The Balaban J connectivity index is 2.16. The van der Waals surface area contributed by atoms with Gasteiger partial charge in [0, 0.05) is 19.6 Å².